The van der Waals surface area contributed by atoms with Crippen LogP contribution in [0.15, 0.2) is 212 Å². The summed E-state index contributed by atoms with van der Waals surface area (Å²) in [7, 11) is 0. The first-order chi connectivity index (χ1) is 26.3. The van der Waals surface area contributed by atoms with E-state index in [2.05, 4.69) is 217 Å². The Morgan fingerprint density at radius 2 is 0.755 bits per heavy atom. The Bertz CT molecular complexity index is 2920. The molecule has 0 unspecified atom stereocenters. The van der Waals surface area contributed by atoms with Crippen LogP contribution in [0.2, 0.25) is 0 Å². The second kappa shape index (κ2) is 13.0. The van der Waals surface area contributed by atoms with Crippen LogP contribution in [0.25, 0.3) is 76.5 Å². The van der Waals surface area contributed by atoms with E-state index in [4.69, 9.17) is 0 Å². The highest BCUT2D eigenvalue weighted by Crippen LogP contribution is 2.43. The lowest BCUT2D eigenvalue weighted by atomic mass is 9.94. The van der Waals surface area contributed by atoms with Gasteiger partial charge in [-0.2, -0.15) is 0 Å². The third-order valence-electron chi connectivity index (χ3n) is 10.6. The molecule has 0 heterocycles. The maximum atomic E-state index is 2.39. The summed E-state index contributed by atoms with van der Waals surface area (Å²) in [6.07, 6.45) is 0. The van der Waals surface area contributed by atoms with E-state index in [1.165, 1.54) is 76.5 Å². The number of nitrogens with zero attached hydrogens (tertiary/aromatic N) is 1. The van der Waals surface area contributed by atoms with Gasteiger partial charge in [-0.3, -0.25) is 0 Å². The van der Waals surface area contributed by atoms with Gasteiger partial charge < -0.3 is 4.90 Å². The Hall–Kier alpha value is -6.96. The monoisotopic (exact) mass is 673 g/mol. The van der Waals surface area contributed by atoms with Gasteiger partial charge in [-0.25, -0.2) is 0 Å². The number of fused-ring (bicyclic) bond motifs is 6. The zero-order chi connectivity index (χ0) is 35.1. The molecule has 0 bridgehead atoms. The predicted molar refractivity (Wildman–Crippen MR) is 227 cm³/mol. The first kappa shape index (κ1) is 30.8. The van der Waals surface area contributed by atoms with E-state index >= 15 is 0 Å². The molecule has 10 aromatic rings. The maximum absolute atomic E-state index is 2.39. The Labute approximate surface area is 309 Å². The molecule has 0 spiro atoms. The van der Waals surface area contributed by atoms with Crippen molar-refractivity contribution >= 4 is 60.2 Å². The third-order valence-corrected chi connectivity index (χ3v) is 10.6. The molecule has 0 aromatic heterocycles. The van der Waals surface area contributed by atoms with Gasteiger partial charge in [0.2, 0.25) is 0 Å². The number of para-hydroxylation sites is 1. The molecule has 0 saturated carbocycles. The third kappa shape index (κ3) is 5.60. The molecule has 10 aromatic carbocycles. The minimum absolute atomic E-state index is 1.10. The first-order valence-corrected chi connectivity index (χ1v) is 18.3. The van der Waals surface area contributed by atoms with Gasteiger partial charge in [0.15, 0.2) is 0 Å². The Kier molecular flexibility index (Phi) is 7.55. The van der Waals surface area contributed by atoms with Crippen LogP contribution in [-0.2, 0) is 0 Å². The summed E-state index contributed by atoms with van der Waals surface area (Å²) in [4.78, 5) is 2.39. The van der Waals surface area contributed by atoms with Crippen molar-refractivity contribution in [1.82, 2.24) is 0 Å². The molecule has 0 N–H and O–H groups in total. The molecular formula is C52H35N. The molecule has 0 amide bonds. The SMILES string of the molecule is c1ccc(-c2ccc(N(c3ccc(-c4ccc5c(ccc6ccc7ccccc7c65)c4)cc3)c3ccccc3-c3ccc4ccccc4c3)cc2)cc1. The van der Waals surface area contributed by atoms with Gasteiger partial charge in [0, 0.05) is 16.9 Å². The quantitative estimate of drug-likeness (QED) is 0.159. The minimum Gasteiger partial charge on any atom is -0.310 e. The summed E-state index contributed by atoms with van der Waals surface area (Å²) in [6.45, 7) is 0. The molecule has 1 nitrogen and oxygen atoms in total. The Morgan fingerprint density at radius 3 is 1.53 bits per heavy atom. The molecule has 0 aliphatic carbocycles. The highest BCUT2D eigenvalue weighted by molar-refractivity contribution is 6.20. The van der Waals surface area contributed by atoms with Crippen molar-refractivity contribution in [3.05, 3.63) is 212 Å². The van der Waals surface area contributed by atoms with E-state index in [-0.39, 0.29) is 0 Å². The van der Waals surface area contributed by atoms with Crippen LogP contribution >= 0.6 is 0 Å². The van der Waals surface area contributed by atoms with Gasteiger partial charge in [-0.05, 0) is 113 Å². The summed E-state index contributed by atoms with van der Waals surface area (Å²) in [5.41, 5.74) is 10.5. The molecule has 0 aliphatic rings. The van der Waals surface area contributed by atoms with Crippen molar-refractivity contribution < 1.29 is 0 Å². The number of benzene rings is 10. The minimum atomic E-state index is 1.10. The Morgan fingerprint density at radius 1 is 0.264 bits per heavy atom. The molecule has 0 fully saturated rings. The molecular weight excluding hydrogens is 639 g/mol. The number of anilines is 3. The molecule has 53 heavy (non-hydrogen) atoms. The lowest BCUT2D eigenvalue weighted by molar-refractivity contribution is 1.28. The summed E-state index contributed by atoms with van der Waals surface area (Å²) >= 11 is 0. The number of hydrogen-bond donors (Lipinski definition) is 0. The molecule has 0 saturated heterocycles. The van der Waals surface area contributed by atoms with Gasteiger partial charge in [-0.1, -0.05) is 170 Å². The van der Waals surface area contributed by atoms with Gasteiger partial charge in [0.05, 0.1) is 5.69 Å². The van der Waals surface area contributed by atoms with Crippen molar-refractivity contribution in [2.24, 2.45) is 0 Å². The van der Waals surface area contributed by atoms with Crippen LogP contribution in [0.4, 0.5) is 17.1 Å². The first-order valence-electron chi connectivity index (χ1n) is 18.3. The van der Waals surface area contributed by atoms with Gasteiger partial charge in [-0.15, -0.1) is 0 Å². The van der Waals surface area contributed by atoms with E-state index in [0.717, 1.165) is 17.1 Å². The van der Waals surface area contributed by atoms with Gasteiger partial charge >= 0.3 is 0 Å². The lowest BCUT2D eigenvalue weighted by Gasteiger charge is -2.28. The summed E-state index contributed by atoms with van der Waals surface area (Å²) in [6, 6.07) is 77.2. The van der Waals surface area contributed by atoms with Crippen LogP contribution in [0.1, 0.15) is 0 Å². The molecule has 248 valence electrons. The summed E-state index contributed by atoms with van der Waals surface area (Å²) < 4.78 is 0. The zero-order valence-electron chi connectivity index (χ0n) is 29.2. The maximum Gasteiger partial charge on any atom is 0.0540 e. The van der Waals surface area contributed by atoms with Crippen LogP contribution in [-0.4, -0.2) is 0 Å². The van der Waals surface area contributed by atoms with Crippen molar-refractivity contribution in [2.75, 3.05) is 4.90 Å². The largest absolute Gasteiger partial charge is 0.310 e. The topological polar surface area (TPSA) is 3.24 Å². The second-order valence-corrected chi connectivity index (χ2v) is 13.8. The summed E-state index contributed by atoms with van der Waals surface area (Å²) in [5.74, 6) is 0. The fourth-order valence-corrected chi connectivity index (χ4v) is 7.95. The highest BCUT2D eigenvalue weighted by Gasteiger charge is 2.18. The summed E-state index contributed by atoms with van der Waals surface area (Å²) in [5, 5.41) is 10.2. The number of rotatable bonds is 6. The van der Waals surface area contributed by atoms with E-state index in [9.17, 15) is 0 Å². The molecule has 10 rings (SSSR count). The van der Waals surface area contributed by atoms with Crippen molar-refractivity contribution in [2.45, 2.75) is 0 Å². The molecule has 1 heteroatoms. The van der Waals surface area contributed by atoms with Crippen LogP contribution in [0, 0.1) is 0 Å². The smallest absolute Gasteiger partial charge is 0.0540 e. The molecule has 0 atom stereocenters. The highest BCUT2D eigenvalue weighted by atomic mass is 15.1. The molecule has 0 radical (unpaired) electrons. The van der Waals surface area contributed by atoms with E-state index in [1.807, 2.05) is 0 Å². The van der Waals surface area contributed by atoms with E-state index in [1.54, 1.807) is 0 Å². The average Bonchev–Trinajstić information content (AvgIpc) is 3.24. The number of hydrogen-bond acceptors (Lipinski definition) is 1. The Balaban J connectivity index is 1.07. The van der Waals surface area contributed by atoms with E-state index in [0.29, 0.717) is 0 Å². The lowest BCUT2D eigenvalue weighted by Crippen LogP contribution is -2.11. The van der Waals surface area contributed by atoms with Gasteiger partial charge in [0.1, 0.15) is 0 Å². The fourth-order valence-electron chi connectivity index (χ4n) is 7.95. The molecule has 0 aliphatic heterocycles. The zero-order valence-corrected chi connectivity index (χ0v) is 29.2. The average molecular weight is 674 g/mol. The van der Waals surface area contributed by atoms with E-state index < -0.39 is 0 Å². The van der Waals surface area contributed by atoms with Crippen LogP contribution in [0.3, 0.4) is 0 Å². The van der Waals surface area contributed by atoms with Crippen LogP contribution in [0.5, 0.6) is 0 Å². The second-order valence-electron chi connectivity index (χ2n) is 13.8. The predicted octanol–water partition coefficient (Wildman–Crippen LogP) is 14.8. The fraction of sp³-hybridized carbons (Fsp3) is 0. The normalized spacial score (nSPS) is 11.4. The van der Waals surface area contributed by atoms with Crippen molar-refractivity contribution in [3.63, 3.8) is 0 Å². The van der Waals surface area contributed by atoms with Crippen LogP contribution < -0.4 is 4.90 Å². The van der Waals surface area contributed by atoms with Crippen molar-refractivity contribution in [1.29, 1.82) is 0 Å². The van der Waals surface area contributed by atoms with Gasteiger partial charge in [0.25, 0.3) is 0 Å². The van der Waals surface area contributed by atoms with Crippen molar-refractivity contribution in [3.8, 4) is 33.4 Å². The standard InChI is InChI=1S/C52H35N/c1-2-10-36(11-3-1)38-24-29-46(30-25-38)53(51-17-9-8-15-48(51)44-22-18-37-12-4-5-14-42(37)34-44)47-31-26-39(27-32-47)43-28-33-50-45(35-43)23-21-41-20-19-40-13-6-7-16-49(40)52(41)50/h1-35H.